The van der Waals surface area contributed by atoms with E-state index in [-0.39, 0.29) is 11.8 Å². The van der Waals surface area contributed by atoms with E-state index >= 15 is 0 Å². The molecule has 0 aromatic rings. The quantitative estimate of drug-likeness (QED) is 0.295. The van der Waals surface area contributed by atoms with Crippen LogP contribution in [0.1, 0.15) is 25.7 Å². The standard InChI is InChI=1S/C10H21N3O2S2/c1-16-17-8-12-7-10(15)13-6-4-2-3-5-9(11)14/h12H,2-8H2,1H3,(H2,11,14)(H,13,15). The Morgan fingerprint density at radius 2 is 2.00 bits per heavy atom. The summed E-state index contributed by atoms with van der Waals surface area (Å²) in [4.78, 5) is 21.7. The number of primary amides is 1. The molecule has 7 heteroatoms. The monoisotopic (exact) mass is 279 g/mol. The normalized spacial score (nSPS) is 10.2. The van der Waals surface area contributed by atoms with E-state index in [1.54, 1.807) is 21.6 Å². The summed E-state index contributed by atoms with van der Waals surface area (Å²) in [5.41, 5.74) is 5.01. The molecule has 0 fully saturated rings. The highest BCUT2D eigenvalue weighted by Crippen LogP contribution is 2.13. The van der Waals surface area contributed by atoms with Crippen molar-refractivity contribution in [2.24, 2.45) is 5.73 Å². The fourth-order valence-corrected chi connectivity index (χ4v) is 2.06. The van der Waals surface area contributed by atoms with Crippen molar-refractivity contribution in [1.29, 1.82) is 0 Å². The molecule has 0 saturated heterocycles. The van der Waals surface area contributed by atoms with Crippen LogP contribution in [0.25, 0.3) is 0 Å². The fraction of sp³-hybridized carbons (Fsp3) is 0.800. The first-order chi connectivity index (χ1) is 8.16. The molecular weight excluding hydrogens is 258 g/mol. The summed E-state index contributed by atoms with van der Waals surface area (Å²) in [5.74, 6) is 0.527. The second-order valence-electron chi connectivity index (χ2n) is 3.48. The van der Waals surface area contributed by atoms with Gasteiger partial charge in [0.25, 0.3) is 0 Å². The highest BCUT2D eigenvalue weighted by molar-refractivity contribution is 8.76. The van der Waals surface area contributed by atoms with Gasteiger partial charge in [0.15, 0.2) is 0 Å². The highest BCUT2D eigenvalue weighted by Gasteiger charge is 1.99. The number of amides is 2. The molecule has 0 heterocycles. The molecular formula is C10H21N3O2S2. The Morgan fingerprint density at radius 1 is 1.24 bits per heavy atom. The van der Waals surface area contributed by atoms with Crippen molar-refractivity contribution in [2.75, 3.05) is 25.2 Å². The third-order valence-electron chi connectivity index (χ3n) is 1.99. The summed E-state index contributed by atoms with van der Waals surface area (Å²) < 4.78 is 0. The molecule has 0 unspecified atom stereocenters. The van der Waals surface area contributed by atoms with Gasteiger partial charge in [-0.15, -0.1) is 0 Å². The molecule has 0 rings (SSSR count). The lowest BCUT2D eigenvalue weighted by molar-refractivity contribution is -0.120. The van der Waals surface area contributed by atoms with E-state index < -0.39 is 0 Å². The lowest BCUT2D eigenvalue weighted by atomic mass is 10.2. The summed E-state index contributed by atoms with van der Waals surface area (Å²) in [6.07, 6.45) is 5.03. The van der Waals surface area contributed by atoms with Crippen molar-refractivity contribution in [3.8, 4) is 0 Å². The maximum Gasteiger partial charge on any atom is 0.233 e. The number of carbonyl (C=O) groups excluding carboxylic acids is 2. The summed E-state index contributed by atoms with van der Waals surface area (Å²) in [6.45, 7) is 1.02. The molecule has 0 spiro atoms. The van der Waals surface area contributed by atoms with Crippen LogP contribution >= 0.6 is 21.6 Å². The van der Waals surface area contributed by atoms with Crippen molar-refractivity contribution in [3.05, 3.63) is 0 Å². The SMILES string of the molecule is CSSCNCC(=O)NCCCCCC(N)=O. The molecule has 0 bridgehead atoms. The molecule has 4 N–H and O–H groups in total. The Labute approximate surface area is 110 Å². The third-order valence-corrected chi connectivity index (χ3v) is 3.60. The molecule has 0 aliphatic carbocycles. The largest absolute Gasteiger partial charge is 0.370 e. The maximum absolute atomic E-state index is 11.3. The Hall–Kier alpha value is -0.400. The van der Waals surface area contributed by atoms with Gasteiger partial charge in [0.2, 0.25) is 11.8 Å². The molecule has 0 saturated carbocycles. The van der Waals surface area contributed by atoms with Gasteiger partial charge in [-0.2, -0.15) is 0 Å². The summed E-state index contributed by atoms with van der Waals surface area (Å²) in [6, 6.07) is 0. The zero-order valence-corrected chi connectivity index (χ0v) is 11.8. The van der Waals surface area contributed by atoms with E-state index in [1.807, 2.05) is 6.26 Å². The van der Waals surface area contributed by atoms with Gasteiger partial charge < -0.3 is 11.1 Å². The number of carbonyl (C=O) groups is 2. The molecule has 5 nitrogen and oxygen atoms in total. The van der Waals surface area contributed by atoms with Gasteiger partial charge in [-0.05, 0) is 19.1 Å². The van der Waals surface area contributed by atoms with Gasteiger partial charge in [0.1, 0.15) is 0 Å². The summed E-state index contributed by atoms with van der Waals surface area (Å²) in [5, 5.41) is 5.84. The van der Waals surface area contributed by atoms with Crippen LogP contribution in [0.4, 0.5) is 0 Å². The second kappa shape index (κ2) is 12.1. The van der Waals surface area contributed by atoms with E-state index in [4.69, 9.17) is 5.73 Å². The van der Waals surface area contributed by atoms with Crippen LogP contribution in [-0.2, 0) is 9.59 Å². The number of nitrogens with one attached hydrogen (secondary N) is 2. The minimum absolute atomic E-state index is 0.0154. The zero-order valence-electron chi connectivity index (χ0n) is 10.2. The molecule has 0 aromatic heterocycles. The van der Waals surface area contributed by atoms with Gasteiger partial charge in [-0.3, -0.25) is 14.9 Å². The van der Waals surface area contributed by atoms with Gasteiger partial charge in [-0.1, -0.05) is 28.0 Å². The van der Waals surface area contributed by atoms with Crippen molar-refractivity contribution in [3.63, 3.8) is 0 Å². The zero-order chi connectivity index (χ0) is 12.9. The second-order valence-corrected chi connectivity index (χ2v) is 6.05. The molecule has 0 atom stereocenters. The number of rotatable bonds is 11. The van der Waals surface area contributed by atoms with Gasteiger partial charge in [-0.25, -0.2) is 0 Å². The molecule has 0 aromatic carbocycles. The van der Waals surface area contributed by atoms with Crippen LogP contribution in [0.3, 0.4) is 0 Å². The van der Waals surface area contributed by atoms with Gasteiger partial charge >= 0.3 is 0 Å². The smallest absolute Gasteiger partial charge is 0.233 e. The topological polar surface area (TPSA) is 84.2 Å². The van der Waals surface area contributed by atoms with Crippen molar-refractivity contribution in [2.45, 2.75) is 25.7 Å². The van der Waals surface area contributed by atoms with Crippen LogP contribution in [0.2, 0.25) is 0 Å². The third kappa shape index (κ3) is 13.5. The molecule has 17 heavy (non-hydrogen) atoms. The van der Waals surface area contributed by atoms with Crippen molar-refractivity contribution >= 4 is 33.4 Å². The number of unbranched alkanes of at least 4 members (excludes halogenated alkanes) is 2. The Bertz CT molecular complexity index is 228. The van der Waals surface area contributed by atoms with Crippen LogP contribution in [-0.4, -0.2) is 37.0 Å². The average Bonchev–Trinajstić information content (AvgIpc) is 2.29. The Balaban J connectivity index is 3.19. The van der Waals surface area contributed by atoms with E-state index in [9.17, 15) is 9.59 Å². The van der Waals surface area contributed by atoms with Crippen LogP contribution in [0.15, 0.2) is 0 Å². The first-order valence-electron chi connectivity index (χ1n) is 5.58. The highest BCUT2D eigenvalue weighted by atomic mass is 33.1. The predicted octanol–water partition coefficient (Wildman–Crippen LogP) is 0.707. The molecule has 2 amide bonds. The van der Waals surface area contributed by atoms with E-state index in [2.05, 4.69) is 10.6 Å². The molecule has 100 valence electrons. The van der Waals surface area contributed by atoms with Crippen molar-refractivity contribution in [1.82, 2.24) is 10.6 Å². The van der Waals surface area contributed by atoms with Crippen LogP contribution in [0, 0.1) is 0 Å². The Morgan fingerprint density at radius 3 is 2.65 bits per heavy atom. The van der Waals surface area contributed by atoms with Gasteiger partial charge in [0, 0.05) is 13.0 Å². The van der Waals surface area contributed by atoms with E-state index in [0.29, 0.717) is 19.5 Å². The minimum Gasteiger partial charge on any atom is -0.370 e. The summed E-state index contributed by atoms with van der Waals surface area (Å²) >= 11 is 0. The molecule has 0 radical (unpaired) electrons. The lowest BCUT2D eigenvalue weighted by Crippen LogP contribution is -2.34. The first-order valence-corrected chi connectivity index (χ1v) is 8.31. The maximum atomic E-state index is 11.3. The number of hydrogen-bond donors (Lipinski definition) is 3. The first kappa shape index (κ1) is 16.6. The number of nitrogens with two attached hydrogens (primary N) is 1. The van der Waals surface area contributed by atoms with Gasteiger partial charge in [0.05, 0.1) is 12.4 Å². The van der Waals surface area contributed by atoms with Crippen molar-refractivity contribution < 1.29 is 9.59 Å². The predicted molar refractivity (Wildman–Crippen MR) is 74.6 cm³/mol. The summed E-state index contributed by atoms with van der Waals surface area (Å²) in [7, 11) is 3.34. The lowest BCUT2D eigenvalue weighted by Gasteiger charge is -2.05. The number of hydrogen-bond acceptors (Lipinski definition) is 5. The van der Waals surface area contributed by atoms with Crippen LogP contribution in [0.5, 0.6) is 0 Å². The average molecular weight is 279 g/mol. The minimum atomic E-state index is -0.260. The van der Waals surface area contributed by atoms with E-state index in [0.717, 1.165) is 25.1 Å². The fourth-order valence-electron chi connectivity index (χ4n) is 1.16. The van der Waals surface area contributed by atoms with Crippen LogP contribution < -0.4 is 16.4 Å². The molecule has 0 aliphatic rings. The van der Waals surface area contributed by atoms with E-state index in [1.165, 1.54) is 0 Å². The Kier molecular flexibility index (Phi) is 11.8. The molecule has 0 aliphatic heterocycles.